The summed E-state index contributed by atoms with van der Waals surface area (Å²) in [6, 6.07) is 6.89. The Morgan fingerprint density at radius 1 is 1.35 bits per heavy atom. The largest absolute Gasteiger partial charge is 0.496 e. The van der Waals surface area contributed by atoms with Crippen LogP contribution in [0.1, 0.15) is 44.2 Å². The van der Waals surface area contributed by atoms with E-state index in [4.69, 9.17) is 10.5 Å². The Morgan fingerprint density at radius 3 is 2.70 bits per heavy atom. The van der Waals surface area contributed by atoms with Crippen LogP contribution in [0.3, 0.4) is 0 Å². The van der Waals surface area contributed by atoms with Gasteiger partial charge in [0.1, 0.15) is 5.75 Å². The van der Waals surface area contributed by atoms with Gasteiger partial charge in [0.05, 0.1) is 7.11 Å². The molecule has 1 atom stereocenters. The van der Waals surface area contributed by atoms with Gasteiger partial charge in [0.2, 0.25) is 0 Å². The molecule has 0 radical (unpaired) electrons. The van der Waals surface area contributed by atoms with Crippen LogP contribution in [0.15, 0.2) is 18.2 Å². The highest BCUT2D eigenvalue weighted by Crippen LogP contribution is 2.30. The Bertz CT molecular complexity index is 418. The number of aryl methyl sites for hydroxylation is 1. The van der Waals surface area contributed by atoms with Crippen molar-refractivity contribution in [3.63, 3.8) is 0 Å². The van der Waals surface area contributed by atoms with Gasteiger partial charge in [0.25, 0.3) is 0 Å². The Balaban J connectivity index is 2.14. The van der Waals surface area contributed by atoms with Crippen LogP contribution in [0.5, 0.6) is 5.75 Å². The molecule has 0 saturated carbocycles. The van der Waals surface area contributed by atoms with Gasteiger partial charge in [-0.15, -0.1) is 0 Å². The summed E-state index contributed by atoms with van der Waals surface area (Å²) in [6.07, 6.45) is 5.51. The molecule has 0 fully saturated rings. The fourth-order valence-electron chi connectivity index (χ4n) is 3.30. The van der Waals surface area contributed by atoms with Gasteiger partial charge in [-0.3, -0.25) is 0 Å². The van der Waals surface area contributed by atoms with E-state index in [0.717, 1.165) is 31.4 Å². The van der Waals surface area contributed by atoms with E-state index in [0.29, 0.717) is 12.6 Å². The minimum absolute atomic E-state index is 0.0875. The third kappa shape index (κ3) is 2.99. The topological polar surface area (TPSA) is 47.3 Å². The van der Waals surface area contributed by atoms with Gasteiger partial charge >= 0.3 is 0 Å². The average Bonchev–Trinajstić information content (AvgIpc) is 2.52. The molecule has 0 amide bonds. The second-order valence-electron chi connectivity index (χ2n) is 5.87. The van der Waals surface area contributed by atoms with Crippen LogP contribution in [-0.2, 0) is 12.8 Å². The first-order chi connectivity index (χ1) is 9.68. The fraction of sp³-hybridized carbons (Fsp3) is 0.647. The Labute approximate surface area is 122 Å². The highest BCUT2D eigenvalue weighted by molar-refractivity contribution is 5.42. The molecular formula is C17H28N2O. The zero-order valence-electron chi connectivity index (χ0n) is 13.0. The molecule has 0 aromatic heterocycles. The summed E-state index contributed by atoms with van der Waals surface area (Å²) in [7, 11) is 1.76. The van der Waals surface area contributed by atoms with Crippen LogP contribution < -0.4 is 15.8 Å². The number of rotatable bonds is 6. The average molecular weight is 276 g/mol. The van der Waals surface area contributed by atoms with Gasteiger partial charge in [-0.2, -0.15) is 0 Å². The lowest BCUT2D eigenvalue weighted by molar-refractivity contribution is 0.257. The highest BCUT2D eigenvalue weighted by Gasteiger charge is 2.30. The van der Waals surface area contributed by atoms with Crippen molar-refractivity contribution >= 4 is 0 Å². The van der Waals surface area contributed by atoms with E-state index < -0.39 is 0 Å². The summed E-state index contributed by atoms with van der Waals surface area (Å²) in [5.41, 5.74) is 8.91. The Morgan fingerprint density at radius 2 is 2.10 bits per heavy atom. The quantitative estimate of drug-likeness (QED) is 0.840. The molecule has 3 heteroatoms. The molecule has 3 nitrogen and oxygen atoms in total. The summed E-state index contributed by atoms with van der Waals surface area (Å²) in [6.45, 7) is 5.15. The van der Waals surface area contributed by atoms with Crippen LogP contribution in [0, 0.1) is 0 Å². The van der Waals surface area contributed by atoms with E-state index in [2.05, 4.69) is 37.4 Å². The van der Waals surface area contributed by atoms with Crippen LogP contribution in [0.4, 0.5) is 0 Å². The van der Waals surface area contributed by atoms with Crippen molar-refractivity contribution in [3.8, 4) is 5.75 Å². The van der Waals surface area contributed by atoms with Gasteiger partial charge in [-0.1, -0.05) is 26.0 Å². The maximum absolute atomic E-state index is 6.01. The zero-order chi connectivity index (χ0) is 14.6. The lowest BCUT2D eigenvalue weighted by Gasteiger charge is -2.38. The lowest BCUT2D eigenvalue weighted by atomic mass is 9.84. The van der Waals surface area contributed by atoms with Crippen molar-refractivity contribution in [1.82, 2.24) is 5.32 Å². The normalized spacial score (nSPS) is 18.7. The SMILES string of the molecule is CCC(CC)(CN)NC1CCc2cccc(OC)c2C1. The monoisotopic (exact) mass is 276 g/mol. The molecule has 0 heterocycles. The van der Waals surface area contributed by atoms with Gasteiger partial charge in [-0.05, 0) is 49.3 Å². The summed E-state index contributed by atoms with van der Waals surface area (Å²) in [5.74, 6) is 1.03. The minimum Gasteiger partial charge on any atom is -0.496 e. The number of fused-ring (bicyclic) bond motifs is 1. The first-order valence-corrected chi connectivity index (χ1v) is 7.80. The molecule has 0 saturated heterocycles. The molecule has 1 aromatic carbocycles. The van der Waals surface area contributed by atoms with E-state index >= 15 is 0 Å². The van der Waals surface area contributed by atoms with Crippen LogP contribution in [0.25, 0.3) is 0 Å². The summed E-state index contributed by atoms with van der Waals surface area (Å²) < 4.78 is 5.52. The third-order valence-corrected chi connectivity index (χ3v) is 4.92. The van der Waals surface area contributed by atoms with Gasteiger partial charge in [0.15, 0.2) is 0 Å². The van der Waals surface area contributed by atoms with Gasteiger partial charge < -0.3 is 15.8 Å². The maximum Gasteiger partial charge on any atom is 0.122 e. The number of hydrogen-bond donors (Lipinski definition) is 2. The van der Waals surface area contributed by atoms with Crippen molar-refractivity contribution in [3.05, 3.63) is 29.3 Å². The number of ether oxygens (including phenoxy) is 1. The number of nitrogens with two attached hydrogens (primary N) is 1. The highest BCUT2D eigenvalue weighted by atomic mass is 16.5. The molecule has 3 N–H and O–H groups in total. The third-order valence-electron chi connectivity index (χ3n) is 4.92. The van der Waals surface area contributed by atoms with Crippen molar-refractivity contribution in [1.29, 1.82) is 0 Å². The Hall–Kier alpha value is -1.06. The van der Waals surface area contributed by atoms with E-state index in [9.17, 15) is 0 Å². The lowest BCUT2D eigenvalue weighted by Crippen LogP contribution is -2.55. The summed E-state index contributed by atoms with van der Waals surface area (Å²) >= 11 is 0. The fourth-order valence-corrected chi connectivity index (χ4v) is 3.30. The van der Waals surface area contributed by atoms with E-state index in [1.165, 1.54) is 17.5 Å². The minimum atomic E-state index is 0.0875. The molecular weight excluding hydrogens is 248 g/mol. The number of nitrogens with one attached hydrogen (secondary N) is 1. The Kier molecular flexibility index (Phi) is 5.06. The van der Waals surface area contributed by atoms with E-state index in [1.807, 2.05) is 0 Å². The van der Waals surface area contributed by atoms with Crippen molar-refractivity contribution in [2.75, 3.05) is 13.7 Å². The number of methoxy groups -OCH3 is 1. The molecule has 0 aliphatic heterocycles. The molecule has 1 aliphatic rings. The van der Waals surface area contributed by atoms with Gasteiger partial charge in [-0.25, -0.2) is 0 Å². The zero-order valence-corrected chi connectivity index (χ0v) is 13.0. The predicted octanol–water partition coefficient (Wildman–Crippen LogP) is 2.66. The van der Waals surface area contributed by atoms with Crippen LogP contribution in [-0.4, -0.2) is 25.2 Å². The van der Waals surface area contributed by atoms with Crippen LogP contribution >= 0.6 is 0 Å². The maximum atomic E-state index is 6.01. The molecule has 2 rings (SSSR count). The summed E-state index contributed by atoms with van der Waals surface area (Å²) in [5, 5.41) is 3.83. The van der Waals surface area contributed by atoms with E-state index in [1.54, 1.807) is 7.11 Å². The molecule has 20 heavy (non-hydrogen) atoms. The molecule has 0 bridgehead atoms. The second-order valence-corrected chi connectivity index (χ2v) is 5.87. The molecule has 112 valence electrons. The van der Waals surface area contributed by atoms with Crippen molar-refractivity contribution < 1.29 is 4.74 Å². The van der Waals surface area contributed by atoms with Crippen LogP contribution in [0.2, 0.25) is 0 Å². The van der Waals surface area contributed by atoms with Gasteiger partial charge in [0, 0.05) is 18.1 Å². The smallest absolute Gasteiger partial charge is 0.122 e. The molecule has 1 aromatic rings. The second kappa shape index (κ2) is 6.59. The summed E-state index contributed by atoms with van der Waals surface area (Å²) in [4.78, 5) is 0. The molecule has 1 unspecified atom stereocenters. The standard InChI is InChI=1S/C17H28N2O/c1-4-17(5-2,12-18)19-14-10-9-13-7-6-8-16(20-3)15(13)11-14/h6-8,14,19H,4-5,9-12,18H2,1-3H3. The number of benzene rings is 1. The molecule has 0 spiro atoms. The van der Waals surface area contributed by atoms with Crippen molar-refractivity contribution in [2.45, 2.75) is 57.5 Å². The molecule has 1 aliphatic carbocycles. The first-order valence-electron chi connectivity index (χ1n) is 7.80. The van der Waals surface area contributed by atoms with E-state index in [-0.39, 0.29) is 5.54 Å². The predicted molar refractivity (Wildman–Crippen MR) is 84.3 cm³/mol. The first kappa shape index (κ1) is 15.3. The van der Waals surface area contributed by atoms with Crippen molar-refractivity contribution in [2.24, 2.45) is 5.73 Å². The number of hydrogen-bond acceptors (Lipinski definition) is 3.